The molecule has 5 aliphatic rings. The first-order valence-electron chi connectivity index (χ1n) is 17.2. The molecule has 5 nitrogen and oxygen atoms in total. The number of rotatable bonds is 1. The van der Waals surface area contributed by atoms with E-state index >= 15 is 0 Å². The molecule has 0 saturated carbocycles. The molecule has 43 heavy (non-hydrogen) atoms. The van der Waals surface area contributed by atoms with Crippen LogP contribution in [0.2, 0.25) is 0 Å². The van der Waals surface area contributed by atoms with E-state index in [9.17, 15) is 0 Å². The number of allylic oxidation sites excluding steroid dienone is 5. The normalized spacial score (nSPS) is 37.0. The van der Waals surface area contributed by atoms with E-state index in [0.717, 1.165) is 38.0 Å². The maximum Gasteiger partial charge on any atom is 0.109 e. The lowest BCUT2D eigenvalue weighted by Crippen LogP contribution is -2.66. The van der Waals surface area contributed by atoms with Crippen molar-refractivity contribution in [2.75, 3.05) is 26.2 Å². The number of fused-ring (bicyclic) bond motifs is 4. The highest BCUT2D eigenvalue weighted by Gasteiger charge is 2.65. The van der Waals surface area contributed by atoms with Gasteiger partial charge in [0.15, 0.2) is 0 Å². The van der Waals surface area contributed by atoms with Crippen molar-refractivity contribution >= 4 is 27.4 Å². The summed E-state index contributed by atoms with van der Waals surface area (Å²) in [5.41, 5.74) is 4.78. The van der Waals surface area contributed by atoms with Gasteiger partial charge < -0.3 is 14.6 Å². The summed E-state index contributed by atoms with van der Waals surface area (Å²) in [5, 5.41) is 2.57. The van der Waals surface area contributed by atoms with Crippen molar-refractivity contribution in [2.24, 2.45) is 11.3 Å². The SMILES string of the molecule is C[C@@H]1O[C@]23C=C(c4nccc5c4[nH]c4ccccc45)[C@@H]4CCN(CCCC/C=C\CC2)C[C@@]42CC/C=C\CCCCN1[C@H]23. The maximum absolute atomic E-state index is 7.36. The number of H-pyrrole nitrogens is 1. The zero-order valence-corrected chi connectivity index (χ0v) is 25.9. The van der Waals surface area contributed by atoms with E-state index in [1.807, 2.05) is 0 Å². The fourth-order valence-corrected chi connectivity index (χ4v) is 9.85. The smallest absolute Gasteiger partial charge is 0.109 e. The minimum absolute atomic E-state index is 0.107. The van der Waals surface area contributed by atoms with E-state index in [1.165, 1.54) is 91.8 Å². The number of aromatic nitrogens is 2. The van der Waals surface area contributed by atoms with Crippen molar-refractivity contribution in [3.63, 3.8) is 0 Å². The first-order valence-corrected chi connectivity index (χ1v) is 17.2. The predicted molar refractivity (Wildman–Crippen MR) is 177 cm³/mol. The lowest BCUT2D eigenvalue weighted by molar-refractivity contribution is -0.0689. The average Bonchev–Trinajstić information content (AvgIpc) is 3.52. The number of piperidine rings is 1. The van der Waals surface area contributed by atoms with Crippen molar-refractivity contribution in [3.8, 4) is 0 Å². The van der Waals surface area contributed by atoms with E-state index in [4.69, 9.17) is 9.72 Å². The van der Waals surface area contributed by atoms with Gasteiger partial charge in [0.25, 0.3) is 0 Å². The highest BCUT2D eigenvalue weighted by Crippen LogP contribution is 2.61. The van der Waals surface area contributed by atoms with Gasteiger partial charge in [-0.1, -0.05) is 42.5 Å². The molecule has 8 rings (SSSR count). The molecular formula is C38H48N4O. The molecule has 1 spiro atoms. The summed E-state index contributed by atoms with van der Waals surface area (Å²) in [7, 11) is 0. The number of para-hydroxylation sites is 1. The van der Waals surface area contributed by atoms with Gasteiger partial charge in [-0.15, -0.1) is 0 Å². The van der Waals surface area contributed by atoms with Crippen LogP contribution in [0.5, 0.6) is 0 Å². The summed E-state index contributed by atoms with van der Waals surface area (Å²) in [6, 6.07) is 11.3. The van der Waals surface area contributed by atoms with Crippen molar-refractivity contribution in [3.05, 3.63) is 72.6 Å². The number of nitrogens with one attached hydrogen (secondary N) is 1. The molecule has 6 heterocycles. The van der Waals surface area contributed by atoms with Crippen LogP contribution < -0.4 is 0 Å². The van der Waals surface area contributed by atoms with Gasteiger partial charge >= 0.3 is 0 Å². The number of hydrogen-bond acceptors (Lipinski definition) is 4. The van der Waals surface area contributed by atoms with Gasteiger partial charge in [-0.25, -0.2) is 0 Å². The topological polar surface area (TPSA) is 44.4 Å². The van der Waals surface area contributed by atoms with Crippen LogP contribution in [0.4, 0.5) is 0 Å². The minimum Gasteiger partial charge on any atom is -0.353 e. The number of benzene rings is 1. The molecule has 2 saturated heterocycles. The zero-order valence-electron chi connectivity index (χ0n) is 25.9. The minimum atomic E-state index is -0.319. The van der Waals surface area contributed by atoms with Crippen LogP contribution in [0, 0.1) is 11.3 Å². The van der Waals surface area contributed by atoms with Crippen LogP contribution in [0.1, 0.15) is 83.2 Å². The third kappa shape index (κ3) is 4.65. The summed E-state index contributed by atoms with van der Waals surface area (Å²) in [4.78, 5) is 14.7. The lowest BCUT2D eigenvalue weighted by Gasteiger charge is -2.60. The standard InChI is InChI=1S/C38H48N4O/c1-28-42-24-15-9-5-2-6-12-20-37-27-41-23-14-8-4-3-7-13-21-38(43-28,36(37)42)26-31(32(37)19-25-41)34-35-30(18-22-39-34)29-16-10-11-17-33(29)40-35/h2-3,6-7,10-11,16-18,22,26,28,32,36,40H,4-5,8-9,12-15,19-21,23-25,27H2,1H3/b6-2-,7-3-/t28-,32-,36+,37-,38-/m0/s1. The van der Waals surface area contributed by atoms with Crippen molar-refractivity contribution < 1.29 is 4.74 Å². The molecule has 5 heteroatoms. The number of nitrogens with zero attached hydrogens (tertiary/aromatic N) is 3. The summed E-state index contributed by atoms with van der Waals surface area (Å²) in [5.74, 6) is 0.456. The van der Waals surface area contributed by atoms with Crippen molar-refractivity contribution in [1.82, 2.24) is 19.8 Å². The van der Waals surface area contributed by atoms with Crippen LogP contribution in [-0.2, 0) is 4.74 Å². The number of ether oxygens (including phenoxy) is 1. The molecule has 2 aromatic heterocycles. The molecule has 1 aliphatic carbocycles. The van der Waals surface area contributed by atoms with Crippen molar-refractivity contribution in [1.29, 1.82) is 0 Å². The Morgan fingerprint density at radius 3 is 2.53 bits per heavy atom. The summed E-state index contributed by atoms with van der Waals surface area (Å²) < 4.78 is 7.36. The molecule has 1 N–H and O–H groups in total. The van der Waals surface area contributed by atoms with E-state index in [2.05, 4.69) is 88.6 Å². The fraction of sp³-hybridized carbons (Fsp3) is 0.553. The van der Waals surface area contributed by atoms with Crippen molar-refractivity contribution in [2.45, 2.75) is 95.4 Å². The summed E-state index contributed by atoms with van der Waals surface area (Å²) in [6.45, 7) is 7.02. The fourth-order valence-electron chi connectivity index (χ4n) is 9.85. The molecule has 1 unspecified atom stereocenters. The Kier molecular flexibility index (Phi) is 7.32. The summed E-state index contributed by atoms with van der Waals surface area (Å²) in [6.07, 6.45) is 27.8. The van der Waals surface area contributed by atoms with Crippen LogP contribution >= 0.6 is 0 Å². The second-order valence-corrected chi connectivity index (χ2v) is 14.0. The van der Waals surface area contributed by atoms with Crippen LogP contribution in [0.25, 0.3) is 27.4 Å². The third-order valence-corrected chi connectivity index (χ3v) is 11.6. The molecule has 2 fully saturated rings. The van der Waals surface area contributed by atoms with E-state index in [1.54, 1.807) is 0 Å². The molecule has 226 valence electrons. The monoisotopic (exact) mass is 576 g/mol. The molecule has 3 aromatic rings. The Hall–Kier alpha value is -2.73. The molecular weight excluding hydrogens is 528 g/mol. The highest BCUT2D eigenvalue weighted by atomic mass is 16.5. The Labute approximate surface area is 257 Å². The van der Waals surface area contributed by atoms with Crippen LogP contribution in [0.3, 0.4) is 0 Å². The molecule has 0 radical (unpaired) electrons. The molecule has 6 atom stereocenters. The third-order valence-electron chi connectivity index (χ3n) is 11.6. The maximum atomic E-state index is 7.36. The van der Waals surface area contributed by atoms with Gasteiger partial charge in [0, 0.05) is 41.0 Å². The lowest BCUT2D eigenvalue weighted by atomic mass is 9.53. The Morgan fingerprint density at radius 2 is 1.65 bits per heavy atom. The highest BCUT2D eigenvalue weighted by molar-refractivity contribution is 6.09. The van der Waals surface area contributed by atoms with E-state index < -0.39 is 0 Å². The molecule has 4 aliphatic heterocycles. The Morgan fingerprint density at radius 1 is 0.860 bits per heavy atom. The summed E-state index contributed by atoms with van der Waals surface area (Å²) >= 11 is 0. The molecule has 0 amide bonds. The number of hydrogen-bond donors (Lipinski definition) is 1. The number of aromatic amines is 1. The molecule has 1 aromatic carbocycles. The Bertz CT molecular complexity index is 1570. The number of pyridine rings is 1. The Balaban J connectivity index is 1.37. The van der Waals surface area contributed by atoms with Crippen LogP contribution in [-0.4, -0.2) is 63.8 Å². The average molecular weight is 577 g/mol. The largest absolute Gasteiger partial charge is 0.353 e. The molecule has 3 bridgehead atoms. The zero-order chi connectivity index (χ0) is 28.9. The quantitative estimate of drug-likeness (QED) is 0.296. The van der Waals surface area contributed by atoms with E-state index in [-0.39, 0.29) is 17.2 Å². The predicted octanol–water partition coefficient (Wildman–Crippen LogP) is 8.25. The van der Waals surface area contributed by atoms with Gasteiger partial charge in [0.05, 0.1) is 17.3 Å². The second-order valence-electron chi connectivity index (χ2n) is 14.0. The van der Waals surface area contributed by atoms with E-state index in [0.29, 0.717) is 12.0 Å². The van der Waals surface area contributed by atoms with Gasteiger partial charge in [0.2, 0.25) is 0 Å². The van der Waals surface area contributed by atoms with Gasteiger partial charge in [0.1, 0.15) is 11.8 Å². The second kappa shape index (κ2) is 11.3. The van der Waals surface area contributed by atoms with Gasteiger partial charge in [-0.2, -0.15) is 0 Å². The first-order chi connectivity index (χ1) is 21.2. The van der Waals surface area contributed by atoms with Gasteiger partial charge in [-0.05, 0) is 120 Å². The first kappa shape index (κ1) is 27.8. The van der Waals surface area contributed by atoms with Crippen LogP contribution in [0.15, 0.2) is 66.9 Å². The van der Waals surface area contributed by atoms with Gasteiger partial charge in [-0.3, -0.25) is 9.88 Å².